The van der Waals surface area contributed by atoms with Gasteiger partial charge in [-0.2, -0.15) is 5.10 Å². The Morgan fingerprint density at radius 3 is 2.52 bits per heavy atom. The van der Waals surface area contributed by atoms with Crippen LogP contribution in [-0.4, -0.2) is 22.3 Å². The number of phenolic OH excluding ortho intramolecular Hbond substituents is 2. The average Bonchev–Trinajstić information content (AvgIpc) is 2.44. The molecule has 1 amide bonds. The van der Waals surface area contributed by atoms with Crippen LogP contribution >= 0.6 is 23.2 Å². The van der Waals surface area contributed by atoms with Gasteiger partial charge in [-0.15, -0.1) is 0 Å². The molecular weight excluding hydrogens is 315 g/mol. The Bertz CT molecular complexity index is 717. The molecule has 0 fully saturated rings. The largest absolute Gasteiger partial charge is 0.504 e. The lowest BCUT2D eigenvalue weighted by atomic mass is 10.2. The van der Waals surface area contributed by atoms with Crippen LogP contribution in [0.2, 0.25) is 10.0 Å². The van der Waals surface area contributed by atoms with E-state index in [1.807, 2.05) is 0 Å². The normalized spacial score (nSPS) is 10.8. The highest BCUT2D eigenvalue weighted by Crippen LogP contribution is 2.24. The number of hydrogen-bond donors (Lipinski definition) is 3. The maximum absolute atomic E-state index is 11.8. The van der Waals surface area contributed by atoms with E-state index in [-0.39, 0.29) is 17.1 Å². The summed E-state index contributed by atoms with van der Waals surface area (Å²) >= 11 is 11.7. The lowest BCUT2D eigenvalue weighted by Crippen LogP contribution is -2.17. The van der Waals surface area contributed by atoms with Crippen LogP contribution in [0.4, 0.5) is 0 Å². The van der Waals surface area contributed by atoms with Crippen LogP contribution in [-0.2, 0) is 0 Å². The van der Waals surface area contributed by atoms with Crippen molar-refractivity contribution >= 4 is 35.3 Å². The number of nitrogens with one attached hydrogen (secondary N) is 1. The second-order valence-corrected chi connectivity index (χ2v) is 4.91. The monoisotopic (exact) mass is 324 g/mol. The molecule has 0 aromatic heterocycles. The van der Waals surface area contributed by atoms with Crippen LogP contribution in [0.15, 0.2) is 41.5 Å². The maximum atomic E-state index is 11.8. The summed E-state index contributed by atoms with van der Waals surface area (Å²) in [6.45, 7) is 0. The van der Waals surface area contributed by atoms with Crippen molar-refractivity contribution in [2.24, 2.45) is 5.10 Å². The summed E-state index contributed by atoms with van der Waals surface area (Å²) in [5.74, 6) is -1.22. The number of hydrogen-bond acceptors (Lipinski definition) is 4. The number of aromatic hydroxyl groups is 2. The smallest absolute Gasteiger partial charge is 0.271 e. The van der Waals surface area contributed by atoms with Gasteiger partial charge in [-0.3, -0.25) is 4.79 Å². The van der Waals surface area contributed by atoms with Gasteiger partial charge in [0.15, 0.2) is 11.5 Å². The highest BCUT2D eigenvalue weighted by molar-refractivity contribution is 6.36. The second kappa shape index (κ2) is 6.47. The zero-order valence-electron chi connectivity index (χ0n) is 10.5. The standard InChI is InChI=1S/C14H10Cl2N2O3/c15-10-3-1-9(11(16)6-10)7-17-18-14(21)8-2-4-12(19)13(20)5-8/h1-7,19-20H,(H,18,21)/b17-7+. The number of carbonyl (C=O) groups excluding carboxylic acids is 1. The van der Waals surface area contributed by atoms with Crippen molar-refractivity contribution < 1.29 is 15.0 Å². The summed E-state index contributed by atoms with van der Waals surface area (Å²) in [6.07, 6.45) is 1.37. The van der Waals surface area contributed by atoms with E-state index >= 15 is 0 Å². The van der Waals surface area contributed by atoms with Gasteiger partial charge in [-0.05, 0) is 30.3 Å². The minimum absolute atomic E-state index is 0.157. The first-order valence-corrected chi connectivity index (χ1v) is 6.53. The average molecular weight is 325 g/mol. The molecule has 2 rings (SSSR count). The number of benzene rings is 2. The van der Waals surface area contributed by atoms with Gasteiger partial charge in [0.1, 0.15) is 0 Å². The van der Waals surface area contributed by atoms with Gasteiger partial charge in [-0.25, -0.2) is 5.43 Å². The summed E-state index contributed by atoms with van der Waals surface area (Å²) in [4.78, 5) is 11.8. The van der Waals surface area contributed by atoms with Gasteiger partial charge < -0.3 is 10.2 Å². The fourth-order valence-corrected chi connectivity index (χ4v) is 1.95. The van der Waals surface area contributed by atoms with E-state index in [1.165, 1.54) is 18.3 Å². The van der Waals surface area contributed by atoms with Gasteiger partial charge in [0.25, 0.3) is 5.91 Å². The van der Waals surface area contributed by atoms with Crippen LogP contribution in [0.1, 0.15) is 15.9 Å². The summed E-state index contributed by atoms with van der Waals surface area (Å²) in [7, 11) is 0. The lowest BCUT2D eigenvalue weighted by Gasteiger charge is -2.02. The van der Waals surface area contributed by atoms with Gasteiger partial charge in [0, 0.05) is 16.1 Å². The van der Waals surface area contributed by atoms with E-state index in [2.05, 4.69) is 10.5 Å². The molecule has 7 heteroatoms. The molecule has 0 aliphatic heterocycles. The molecule has 21 heavy (non-hydrogen) atoms. The van der Waals surface area contributed by atoms with Crippen molar-refractivity contribution in [2.45, 2.75) is 0 Å². The SMILES string of the molecule is O=C(N/N=C/c1ccc(Cl)cc1Cl)c1ccc(O)c(O)c1. The van der Waals surface area contributed by atoms with Crippen molar-refractivity contribution in [3.63, 3.8) is 0 Å². The molecule has 0 aliphatic carbocycles. The Morgan fingerprint density at radius 1 is 1.10 bits per heavy atom. The van der Waals surface area contributed by atoms with Crippen molar-refractivity contribution in [1.29, 1.82) is 0 Å². The Hall–Kier alpha value is -2.24. The number of halogens is 2. The van der Waals surface area contributed by atoms with Gasteiger partial charge in [0.2, 0.25) is 0 Å². The number of carbonyl (C=O) groups is 1. The molecule has 0 unspecified atom stereocenters. The molecule has 2 aromatic rings. The molecule has 108 valence electrons. The van der Waals surface area contributed by atoms with Gasteiger partial charge in [0.05, 0.1) is 11.2 Å². The van der Waals surface area contributed by atoms with E-state index in [9.17, 15) is 9.90 Å². The van der Waals surface area contributed by atoms with Crippen LogP contribution in [0.25, 0.3) is 0 Å². The Labute approximate surface area is 130 Å². The number of nitrogens with zero attached hydrogens (tertiary/aromatic N) is 1. The Balaban J connectivity index is 2.06. The first-order valence-electron chi connectivity index (χ1n) is 5.78. The van der Waals surface area contributed by atoms with E-state index in [0.29, 0.717) is 15.6 Å². The zero-order chi connectivity index (χ0) is 15.4. The molecule has 0 aliphatic rings. The molecule has 0 saturated carbocycles. The van der Waals surface area contributed by atoms with Crippen molar-refractivity contribution in [3.05, 3.63) is 57.6 Å². The third-order valence-electron chi connectivity index (χ3n) is 2.57. The predicted molar refractivity (Wildman–Crippen MR) is 81.3 cm³/mol. The van der Waals surface area contributed by atoms with Crippen LogP contribution in [0.3, 0.4) is 0 Å². The van der Waals surface area contributed by atoms with Crippen LogP contribution < -0.4 is 5.43 Å². The fourth-order valence-electron chi connectivity index (χ4n) is 1.50. The minimum Gasteiger partial charge on any atom is -0.504 e. The Kier molecular flexibility index (Phi) is 4.67. The first kappa shape index (κ1) is 15.2. The summed E-state index contributed by atoms with van der Waals surface area (Å²) < 4.78 is 0. The van der Waals surface area contributed by atoms with E-state index < -0.39 is 5.91 Å². The second-order valence-electron chi connectivity index (χ2n) is 4.07. The van der Waals surface area contributed by atoms with E-state index in [1.54, 1.807) is 18.2 Å². The summed E-state index contributed by atoms with van der Waals surface area (Å²) in [5.41, 5.74) is 3.03. The van der Waals surface area contributed by atoms with Crippen LogP contribution in [0, 0.1) is 0 Å². The molecule has 2 aromatic carbocycles. The van der Waals surface area contributed by atoms with Crippen LogP contribution in [0.5, 0.6) is 11.5 Å². The molecule has 0 radical (unpaired) electrons. The summed E-state index contributed by atoms with van der Waals surface area (Å²) in [6, 6.07) is 8.57. The molecular formula is C14H10Cl2N2O3. The first-order chi connectivity index (χ1) is 9.97. The molecule has 3 N–H and O–H groups in total. The third kappa shape index (κ3) is 3.87. The van der Waals surface area contributed by atoms with Gasteiger partial charge >= 0.3 is 0 Å². The highest BCUT2D eigenvalue weighted by Gasteiger charge is 2.07. The number of phenols is 2. The molecule has 5 nitrogen and oxygen atoms in total. The fraction of sp³-hybridized carbons (Fsp3) is 0. The maximum Gasteiger partial charge on any atom is 0.271 e. The predicted octanol–water partition coefficient (Wildman–Crippen LogP) is 3.17. The number of hydrazone groups is 1. The van der Waals surface area contributed by atoms with Crippen molar-refractivity contribution in [2.75, 3.05) is 0 Å². The molecule has 0 spiro atoms. The molecule has 0 saturated heterocycles. The minimum atomic E-state index is -0.536. The lowest BCUT2D eigenvalue weighted by molar-refractivity contribution is 0.0954. The van der Waals surface area contributed by atoms with Crippen molar-refractivity contribution in [1.82, 2.24) is 5.43 Å². The van der Waals surface area contributed by atoms with Crippen molar-refractivity contribution in [3.8, 4) is 11.5 Å². The Morgan fingerprint density at radius 2 is 1.86 bits per heavy atom. The molecule has 0 bridgehead atoms. The zero-order valence-corrected chi connectivity index (χ0v) is 12.1. The quantitative estimate of drug-likeness (QED) is 0.460. The van der Waals surface area contributed by atoms with Gasteiger partial charge in [-0.1, -0.05) is 29.3 Å². The number of amides is 1. The number of rotatable bonds is 3. The molecule has 0 atom stereocenters. The third-order valence-corrected chi connectivity index (χ3v) is 3.13. The highest BCUT2D eigenvalue weighted by atomic mass is 35.5. The van der Waals surface area contributed by atoms with E-state index in [4.69, 9.17) is 28.3 Å². The van der Waals surface area contributed by atoms with E-state index in [0.717, 1.165) is 6.07 Å². The topological polar surface area (TPSA) is 81.9 Å². The molecule has 0 heterocycles. The summed E-state index contributed by atoms with van der Waals surface area (Å²) in [5, 5.41) is 23.2.